The van der Waals surface area contributed by atoms with Gasteiger partial charge in [-0.3, -0.25) is 4.79 Å². The molecule has 4 nitrogen and oxygen atoms in total. The number of nitrogens with zero attached hydrogens (tertiary/aromatic N) is 1. The summed E-state index contributed by atoms with van der Waals surface area (Å²) < 4.78 is 17.8. The van der Waals surface area contributed by atoms with Gasteiger partial charge in [-0.05, 0) is 24.1 Å². The highest BCUT2D eigenvalue weighted by Gasteiger charge is 2.39. The van der Waals surface area contributed by atoms with Gasteiger partial charge in [0.15, 0.2) is 6.10 Å². The molecule has 19 heavy (non-hydrogen) atoms. The number of unbranched alkanes of at least 4 members (excludes halogenated alkanes) is 1. The van der Waals surface area contributed by atoms with E-state index in [9.17, 15) is 14.0 Å². The zero-order valence-corrected chi connectivity index (χ0v) is 10.8. The number of cyclic esters (lactones) is 1. The minimum absolute atomic E-state index is 0.285. The highest BCUT2D eigenvalue weighted by atomic mass is 19.1. The molecule has 1 saturated heterocycles. The van der Waals surface area contributed by atoms with Gasteiger partial charge in [0, 0.05) is 13.0 Å². The standard InChI is InChI=1S/C14H16FNO3/c1-2-3-8-16-13(17)12(19-14(16)18)9-10-4-6-11(15)7-5-10/h4-7,12H,2-3,8-9H2,1H3. The molecule has 1 aromatic rings. The largest absolute Gasteiger partial charge is 0.435 e. The second-order valence-electron chi connectivity index (χ2n) is 4.55. The lowest BCUT2D eigenvalue weighted by molar-refractivity contribution is -0.129. The first-order chi connectivity index (χ1) is 9.11. The summed E-state index contributed by atoms with van der Waals surface area (Å²) in [4.78, 5) is 24.7. The van der Waals surface area contributed by atoms with Crippen molar-refractivity contribution in [3.05, 3.63) is 35.6 Å². The quantitative estimate of drug-likeness (QED) is 0.821. The van der Waals surface area contributed by atoms with E-state index in [2.05, 4.69) is 0 Å². The summed E-state index contributed by atoms with van der Waals surface area (Å²) in [6.45, 7) is 2.38. The van der Waals surface area contributed by atoms with Gasteiger partial charge in [-0.15, -0.1) is 0 Å². The van der Waals surface area contributed by atoms with Crippen molar-refractivity contribution in [2.45, 2.75) is 32.3 Å². The zero-order valence-electron chi connectivity index (χ0n) is 10.8. The van der Waals surface area contributed by atoms with Crippen LogP contribution in [0.2, 0.25) is 0 Å². The number of imide groups is 1. The van der Waals surface area contributed by atoms with E-state index >= 15 is 0 Å². The number of amides is 2. The predicted octanol–water partition coefficient (Wildman–Crippen LogP) is 2.52. The SMILES string of the molecule is CCCCN1C(=O)OC(Cc2ccc(F)cc2)C1=O. The van der Waals surface area contributed by atoms with Crippen LogP contribution in [0.5, 0.6) is 0 Å². The third-order valence-corrected chi connectivity index (χ3v) is 3.07. The zero-order chi connectivity index (χ0) is 13.8. The lowest BCUT2D eigenvalue weighted by atomic mass is 10.1. The van der Waals surface area contributed by atoms with Crippen LogP contribution in [0, 0.1) is 5.82 Å². The molecule has 1 atom stereocenters. The molecule has 1 unspecified atom stereocenters. The Bertz CT molecular complexity index is 472. The van der Waals surface area contributed by atoms with Crippen molar-refractivity contribution in [3.63, 3.8) is 0 Å². The van der Waals surface area contributed by atoms with Crippen molar-refractivity contribution >= 4 is 12.0 Å². The number of benzene rings is 1. The third-order valence-electron chi connectivity index (χ3n) is 3.07. The van der Waals surface area contributed by atoms with E-state index in [1.165, 1.54) is 12.1 Å². The van der Waals surface area contributed by atoms with Crippen LogP contribution in [-0.2, 0) is 16.0 Å². The summed E-state index contributed by atoms with van der Waals surface area (Å²) >= 11 is 0. The fourth-order valence-corrected chi connectivity index (χ4v) is 1.98. The second-order valence-corrected chi connectivity index (χ2v) is 4.55. The van der Waals surface area contributed by atoms with Crippen molar-refractivity contribution in [1.82, 2.24) is 4.90 Å². The molecule has 1 fully saturated rings. The molecular weight excluding hydrogens is 249 g/mol. The number of hydrogen-bond acceptors (Lipinski definition) is 3. The number of carbonyl (C=O) groups excluding carboxylic acids is 2. The maximum absolute atomic E-state index is 12.8. The Morgan fingerprint density at radius 3 is 2.58 bits per heavy atom. The molecule has 0 saturated carbocycles. The van der Waals surface area contributed by atoms with E-state index in [1.807, 2.05) is 6.92 Å². The number of carbonyl (C=O) groups is 2. The van der Waals surface area contributed by atoms with Crippen molar-refractivity contribution in [3.8, 4) is 0 Å². The van der Waals surface area contributed by atoms with Crippen molar-refractivity contribution in [2.75, 3.05) is 6.54 Å². The first-order valence-electron chi connectivity index (χ1n) is 6.38. The minimum atomic E-state index is -0.783. The van der Waals surface area contributed by atoms with Gasteiger partial charge in [0.1, 0.15) is 5.82 Å². The molecule has 1 aromatic carbocycles. The molecule has 0 aromatic heterocycles. The smallest absolute Gasteiger partial charge is 0.417 e. The van der Waals surface area contributed by atoms with Gasteiger partial charge in [-0.25, -0.2) is 14.1 Å². The van der Waals surface area contributed by atoms with E-state index in [4.69, 9.17) is 4.74 Å². The molecule has 0 radical (unpaired) electrons. The number of hydrogen-bond donors (Lipinski definition) is 0. The summed E-state index contributed by atoms with van der Waals surface area (Å²) in [5.41, 5.74) is 0.768. The number of rotatable bonds is 5. The molecule has 2 rings (SSSR count). The molecule has 0 N–H and O–H groups in total. The van der Waals surface area contributed by atoms with Crippen LogP contribution in [-0.4, -0.2) is 29.5 Å². The van der Waals surface area contributed by atoms with Gasteiger partial charge < -0.3 is 4.74 Å². The van der Waals surface area contributed by atoms with Crippen LogP contribution in [0.15, 0.2) is 24.3 Å². The van der Waals surface area contributed by atoms with Crippen LogP contribution in [0.25, 0.3) is 0 Å². The average molecular weight is 265 g/mol. The van der Waals surface area contributed by atoms with Gasteiger partial charge in [0.2, 0.25) is 0 Å². The Morgan fingerprint density at radius 2 is 1.95 bits per heavy atom. The molecule has 102 valence electrons. The Labute approximate surface area is 111 Å². The Kier molecular flexibility index (Phi) is 4.14. The molecular formula is C14H16FNO3. The number of ether oxygens (including phenoxy) is 1. The monoisotopic (exact) mass is 265 g/mol. The van der Waals surface area contributed by atoms with Gasteiger partial charge >= 0.3 is 6.09 Å². The molecule has 2 amide bonds. The molecule has 0 spiro atoms. The van der Waals surface area contributed by atoms with Crippen LogP contribution in [0.1, 0.15) is 25.3 Å². The van der Waals surface area contributed by atoms with Crippen molar-refractivity contribution < 1.29 is 18.7 Å². The summed E-state index contributed by atoms with van der Waals surface area (Å²) in [6, 6.07) is 5.83. The van der Waals surface area contributed by atoms with E-state index in [1.54, 1.807) is 12.1 Å². The van der Waals surface area contributed by atoms with Crippen LogP contribution in [0.4, 0.5) is 9.18 Å². The second kappa shape index (κ2) is 5.82. The van der Waals surface area contributed by atoms with Crippen molar-refractivity contribution in [2.24, 2.45) is 0 Å². The molecule has 0 bridgehead atoms. The lowest BCUT2D eigenvalue weighted by Crippen LogP contribution is -2.33. The highest BCUT2D eigenvalue weighted by Crippen LogP contribution is 2.18. The average Bonchev–Trinajstić information content (AvgIpc) is 2.65. The minimum Gasteiger partial charge on any atom is -0.435 e. The van der Waals surface area contributed by atoms with Crippen LogP contribution < -0.4 is 0 Å². The van der Waals surface area contributed by atoms with Crippen molar-refractivity contribution in [1.29, 1.82) is 0 Å². The number of halogens is 1. The summed E-state index contributed by atoms with van der Waals surface area (Å²) in [5.74, 6) is -0.633. The summed E-state index contributed by atoms with van der Waals surface area (Å²) in [5, 5.41) is 0. The Balaban J connectivity index is 2.00. The molecule has 1 heterocycles. The van der Waals surface area contributed by atoms with E-state index in [0.29, 0.717) is 6.54 Å². The van der Waals surface area contributed by atoms with Gasteiger partial charge in [-0.1, -0.05) is 25.5 Å². The topological polar surface area (TPSA) is 46.6 Å². The third kappa shape index (κ3) is 3.10. The van der Waals surface area contributed by atoms with E-state index < -0.39 is 12.2 Å². The summed E-state index contributed by atoms with van der Waals surface area (Å²) in [6.07, 6.45) is 0.595. The Hall–Kier alpha value is -1.91. The van der Waals surface area contributed by atoms with E-state index in [-0.39, 0.29) is 18.1 Å². The molecule has 0 aliphatic carbocycles. The first kappa shape index (κ1) is 13.5. The van der Waals surface area contributed by atoms with Crippen LogP contribution >= 0.6 is 0 Å². The maximum Gasteiger partial charge on any atom is 0.417 e. The Morgan fingerprint density at radius 1 is 1.26 bits per heavy atom. The molecule has 5 heteroatoms. The summed E-state index contributed by atoms with van der Waals surface area (Å²) in [7, 11) is 0. The van der Waals surface area contributed by atoms with Crippen LogP contribution in [0.3, 0.4) is 0 Å². The van der Waals surface area contributed by atoms with E-state index in [0.717, 1.165) is 23.3 Å². The van der Waals surface area contributed by atoms with Gasteiger partial charge in [-0.2, -0.15) is 0 Å². The first-order valence-corrected chi connectivity index (χ1v) is 6.38. The predicted molar refractivity (Wildman–Crippen MR) is 67.0 cm³/mol. The van der Waals surface area contributed by atoms with Gasteiger partial charge in [0.25, 0.3) is 5.91 Å². The van der Waals surface area contributed by atoms with Gasteiger partial charge in [0.05, 0.1) is 0 Å². The fourth-order valence-electron chi connectivity index (χ4n) is 1.98. The highest BCUT2D eigenvalue weighted by molar-refractivity contribution is 6.00. The molecule has 1 aliphatic heterocycles. The lowest BCUT2D eigenvalue weighted by Gasteiger charge is -2.10. The normalized spacial score (nSPS) is 18.8. The fraction of sp³-hybridized carbons (Fsp3) is 0.429. The molecule has 1 aliphatic rings. The maximum atomic E-state index is 12.8.